The number of hydrogen-bond donors (Lipinski definition) is 0. The van der Waals surface area contributed by atoms with Crippen molar-refractivity contribution in [1.82, 2.24) is 24.1 Å². The number of carbonyl (C=O) groups excluding carboxylic acids is 1. The predicted octanol–water partition coefficient (Wildman–Crippen LogP) is 3.74. The molecule has 0 N–H and O–H groups in total. The number of pyridine rings is 1. The van der Waals surface area contributed by atoms with Crippen LogP contribution in [-0.2, 0) is 12.5 Å². The second-order valence-corrected chi connectivity index (χ2v) is 8.27. The summed E-state index contributed by atoms with van der Waals surface area (Å²) in [4.78, 5) is 19.7. The van der Waals surface area contributed by atoms with Crippen molar-refractivity contribution in [3.05, 3.63) is 89.4 Å². The van der Waals surface area contributed by atoms with Gasteiger partial charge < -0.3 is 9.30 Å². The minimum absolute atomic E-state index is 0.0394. The third-order valence-corrected chi connectivity index (χ3v) is 6.47. The number of likely N-dealkylation sites (tertiary alicyclic amines) is 1. The lowest BCUT2D eigenvalue weighted by molar-refractivity contribution is 0.0677. The van der Waals surface area contributed by atoms with Crippen molar-refractivity contribution in [2.75, 3.05) is 13.1 Å². The Labute approximate surface area is 179 Å². The first kappa shape index (κ1) is 19.5. The number of carbonyl (C=O) groups is 1. The molecule has 31 heavy (non-hydrogen) atoms. The highest BCUT2D eigenvalue weighted by molar-refractivity contribution is 5.92. The molecular formula is C24H24FN5O. The molecule has 1 amide bonds. The van der Waals surface area contributed by atoms with Gasteiger partial charge in [-0.25, -0.2) is 9.37 Å². The molecule has 158 valence electrons. The van der Waals surface area contributed by atoms with Crippen LogP contribution in [0, 0.1) is 12.7 Å². The zero-order valence-corrected chi connectivity index (χ0v) is 17.6. The fourth-order valence-electron chi connectivity index (χ4n) is 4.56. The second kappa shape index (κ2) is 7.34. The highest BCUT2D eigenvalue weighted by Crippen LogP contribution is 2.41. The van der Waals surface area contributed by atoms with Gasteiger partial charge in [0.05, 0.1) is 5.69 Å². The van der Waals surface area contributed by atoms with Gasteiger partial charge in [-0.15, -0.1) is 0 Å². The minimum Gasteiger partial charge on any atom is -0.337 e. The molecule has 0 aliphatic carbocycles. The van der Waals surface area contributed by atoms with Gasteiger partial charge in [-0.1, -0.05) is 30.3 Å². The first-order valence-corrected chi connectivity index (χ1v) is 10.5. The molecule has 4 heterocycles. The van der Waals surface area contributed by atoms with Crippen molar-refractivity contribution in [3.63, 3.8) is 0 Å². The minimum atomic E-state index is -0.333. The monoisotopic (exact) mass is 417 g/mol. The number of hydrogen-bond acceptors (Lipinski definition) is 3. The average Bonchev–Trinajstić information content (AvgIpc) is 3.37. The Morgan fingerprint density at radius 1 is 1.06 bits per heavy atom. The van der Waals surface area contributed by atoms with Crippen LogP contribution in [0.15, 0.2) is 60.9 Å². The van der Waals surface area contributed by atoms with Crippen LogP contribution in [0.4, 0.5) is 4.39 Å². The van der Waals surface area contributed by atoms with E-state index in [-0.39, 0.29) is 17.1 Å². The fourth-order valence-corrected chi connectivity index (χ4v) is 4.56. The molecule has 0 atom stereocenters. The molecule has 0 radical (unpaired) electrons. The number of imidazole rings is 1. The molecule has 1 saturated heterocycles. The number of piperidine rings is 1. The molecule has 1 fully saturated rings. The lowest BCUT2D eigenvalue weighted by Gasteiger charge is -2.41. The normalized spacial score (nSPS) is 16.0. The largest absolute Gasteiger partial charge is 0.337 e. The summed E-state index contributed by atoms with van der Waals surface area (Å²) in [6.07, 6.45) is 4.85. The van der Waals surface area contributed by atoms with Crippen LogP contribution in [0.2, 0.25) is 0 Å². The molecule has 3 aromatic heterocycles. The van der Waals surface area contributed by atoms with Crippen LogP contribution in [0.3, 0.4) is 0 Å². The average molecular weight is 417 g/mol. The molecule has 1 aliphatic rings. The molecule has 0 unspecified atom stereocenters. The summed E-state index contributed by atoms with van der Waals surface area (Å²) < 4.78 is 17.2. The summed E-state index contributed by atoms with van der Waals surface area (Å²) >= 11 is 0. The van der Waals surface area contributed by atoms with Gasteiger partial charge in [-0.3, -0.25) is 9.48 Å². The summed E-state index contributed by atoms with van der Waals surface area (Å²) in [5.41, 5.74) is 3.89. The van der Waals surface area contributed by atoms with E-state index in [0.29, 0.717) is 24.4 Å². The molecule has 7 heteroatoms. The number of benzene rings is 1. The number of halogens is 1. The zero-order valence-electron chi connectivity index (χ0n) is 17.6. The maximum atomic E-state index is 13.7. The zero-order chi connectivity index (χ0) is 21.6. The molecule has 5 rings (SSSR count). The number of nitrogens with zero attached hydrogens (tertiary/aromatic N) is 5. The van der Waals surface area contributed by atoms with Crippen LogP contribution in [0.1, 0.15) is 40.3 Å². The van der Waals surface area contributed by atoms with E-state index in [4.69, 9.17) is 4.98 Å². The number of aromatic nitrogens is 4. The summed E-state index contributed by atoms with van der Waals surface area (Å²) in [7, 11) is 1.84. The van der Waals surface area contributed by atoms with E-state index >= 15 is 0 Å². The predicted molar refractivity (Wildman–Crippen MR) is 115 cm³/mol. The van der Waals surface area contributed by atoms with Gasteiger partial charge in [0.25, 0.3) is 5.91 Å². The Balaban J connectivity index is 1.49. The van der Waals surface area contributed by atoms with Gasteiger partial charge in [-0.05, 0) is 43.5 Å². The first-order valence-electron chi connectivity index (χ1n) is 10.5. The summed E-state index contributed by atoms with van der Waals surface area (Å²) in [6, 6.07) is 15.2. The van der Waals surface area contributed by atoms with Crippen LogP contribution in [0.5, 0.6) is 0 Å². The molecule has 0 saturated carbocycles. The maximum absolute atomic E-state index is 13.7. The van der Waals surface area contributed by atoms with Crippen molar-refractivity contribution < 1.29 is 9.18 Å². The highest BCUT2D eigenvalue weighted by atomic mass is 19.1. The summed E-state index contributed by atoms with van der Waals surface area (Å²) in [5.74, 6) is -0.335. The highest BCUT2D eigenvalue weighted by Gasteiger charge is 2.41. The Hall–Kier alpha value is -3.48. The van der Waals surface area contributed by atoms with Crippen LogP contribution >= 0.6 is 0 Å². The van der Waals surface area contributed by atoms with Gasteiger partial charge in [0, 0.05) is 43.6 Å². The maximum Gasteiger partial charge on any atom is 0.274 e. The lowest BCUT2D eigenvalue weighted by Crippen LogP contribution is -2.46. The van der Waals surface area contributed by atoms with Crippen molar-refractivity contribution in [3.8, 4) is 0 Å². The van der Waals surface area contributed by atoms with Crippen molar-refractivity contribution in [2.24, 2.45) is 7.05 Å². The number of fused-ring (bicyclic) bond motifs is 1. The van der Waals surface area contributed by atoms with Gasteiger partial charge in [0.1, 0.15) is 11.5 Å². The standard InChI is InChI=1S/C24H24FN5O/c1-17-14-20(27-28(17)2)23(31)29-12-10-24(11-13-29,18-6-4-3-5-7-18)21-16-30-15-19(25)8-9-22(30)26-21/h3-9,14-16H,10-13H2,1-2H3. The van der Waals surface area contributed by atoms with E-state index in [1.165, 1.54) is 17.8 Å². The van der Waals surface area contributed by atoms with E-state index in [0.717, 1.165) is 24.2 Å². The smallest absolute Gasteiger partial charge is 0.274 e. The van der Waals surface area contributed by atoms with Crippen molar-refractivity contribution >= 4 is 11.6 Å². The van der Waals surface area contributed by atoms with E-state index < -0.39 is 0 Å². The SMILES string of the molecule is Cc1cc(C(=O)N2CCC(c3ccccc3)(c3cn4cc(F)ccc4n3)CC2)nn1C. The Kier molecular flexibility index (Phi) is 4.61. The molecule has 1 aliphatic heterocycles. The molecular weight excluding hydrogens is 393 g/mol. The number of aryl methyl sites for hydroxylation is 2. The quantitative estimate of drug-likeness (QED) is 0.510. The topological polar surface area (TPSA) is 55.4 Å². The van der Waals surface area contributed by atoms with E-state index in [2.05, 4.69) is 17.2 Å². The van der Waals surface area contributed by atoms with Gasteiger partial charge in [0.15, 0.2) is 5.69 Å². The van der Waals surface area contributed by atoms with Crippen LogP contribution < -0.4 is 0 Å². The Morgan fingerprint density at radius 2 is 1.81 bits per heavy atom. The van der Waals surface area contributed by atoms with E-state index in [1.807, 2.05) is 49.3 Å². The third kappa shape index (κ3) is 3.30. The fraction of sp³-hybridized carbons (Fsp3) is 0.292. The lowest BCUT2D eigenvalue weighted by atomic mass is 9.70. The Morgan fingerprint density at radius 3 is 2.48 bits per heavy atom. The molecule has 1 aromatic carbocycles. The first-order chi connectivity index (χ1) is 15.0. The summed E-state index contributed by atoms with van der Waals surface area (Å²) in [6.45, 7) is 3.14. The van der Waals surface area contributed by atoms with Gasteiger partial charge >= 0.3 is 0 Å². The second-order valence-electron chi connectivity index (χ2n) is 8.27. The van der Waals surface area contributed by atoms with Crippen molar-refractivity contribution in [1.29, 1.82) is 0 Å². The van der Waals surface area contributed by atoms with Crippen molar-refractivity contribution in [2.45, 2.75) is 25.2 Å². The number of amides is 1. The van der Waals surface area contributed by atoms with Gasteiger partial charge in [-0.2, -0.15) is 5.10 Å². The van der Waals surface area contributed by atoms with Gasteiger partial charge in [0.2, 0.25) is 0 Å². The summed E-state index contributed by atoms with van der Waals surface area (Å²) in [5, 5.41) is 4.35. The third-order valence-electron chi connectivity index (χ3n) is 6.47. The molecule has 0 bridgehead atoms. The number of rotatable bonds is 3. The van der Waals surface area contributed by atoms with E-state index in [9.17, 15) is 9.18 Å². The molecule has 0 spiro atoms. The molecule has 4 aromatic rings. The van der Waals surface area contributed by atoms with Crippen LogP contribution in [0.25, 0.3) is 5.65 Å². The van der Waals surface area contributed by atoms with Crippen LogP contribution in [-0.4, -0.2) is 43.1 Å². The Bertz CT molecular complexity index is 1230. The van der Waals surface area contributed by atoms with E-state index in [1.54, 1.807) is 15.1 Å². The molecule has 6 nitrogen and oxygen atoms in total.